The molecule has 0 saturated carbocycles. The van der Waals surface area contributed by atoms with Crippen LogP contribution in [0.4, 0.5) is 10.3 Å². The predicted octanol–water partition coefficient (Wildman–Crippen LogP) is 2.54. The minimum absolute atomic E-state index is 0.230. The molecule has 2 aromatic rings. The maximum atomic E-state index is 12.9. The number of amides is 1. The van der Waals surface area contributed by atoms with Crippen LogP contribution < -0.4 is 10.6 Å². The molecule has 110 valence electrons. The number of carbonyl (C=O) groups excluding carboxylic acids is 1. The third kappa shape index (κ3) is 3.98. The monoisotopic (exact) mass is 288 g/mol. The standard InChI is InChI=1S/C15H17FN4O/c1-3-17-15-18-8-12(9-19-15)14(21)20-10(2)11-4-6-13(16)7-5-11/h4-10H,3H2,1-2H3,(H,20,21)(H,17,18,19). The number of halogens is 1. The number of rotatable bonds is 5. The van der Waals surface area contributed by atoms with Crippen molar-refractivity contribution in [3.8, 4) is 0 Å². The van der Waals surface area contributed by atoms with E-state index in [0.29, 0.717) is 18.1 Å². The van der Waals surface area contributed by atoms with Crippen molar-refractivity contribution in [1.29, 1.82) is 0 Å². The molecule has 0 saturated heterocycles. The number of hydrogen-bond donors (Lipinski definition) is 2. The minimum Gasteiger partial charge on any atom is -0.355 e. The maximum Gasteiger partial charge on any atom is 0.254 e. The summed E-state index contributed by atoms with van der Waals surface area (Å²) in [6.45, 7) is 4.49. The number of aromatic nitrogens is 2. The van der Waals surface area contributed by atoms with Crippen LogP contribution in [0.2, 0.25) is 0 Å². The average molecular weight is 288 g/mol. The molecular weight excluding hydrogens is 271 g/mol. The van der Waals surface area contributed by atoms with Crippen molar-refractivity contribution in [3.05, 3.63) is 53.6 Å². The zero-order valence-electron chi connectivity index (χ0n) is 11.9. The summed E-state index contributed by atoms with van der Waals surface area (Å²) in [4.78, 5) is 20.2. The van der Waals surface area contributed by atoms with E-state index in [1.807, 2.05) is 13.8 Å². The van der Waals surface area contributed by atoms with Gasteiger partial charge in [-0.05, 0) is 31.5 Å². The number of anilines is 1. The molecule has 6 heteroatoms. The molecule has 1 atom stereocenters. The van der Waals surface area contributed by atoms with Crippen molar-refractivity contribution < 1.29 is 9.18 Å². The maximum absolute atomic E-state index is 12.9. The Balaban J connectivity index is 2.01. The normalized spacial score (nSPS) is 11.8. The van der Waals surface area contributed by atoms with Gasteiger partial charge in [0.25, 0.3) is 5.91 Å². The fourth-order valence-electron chi connectivity index (χ4n) is 1.81. The first-order valence-corrected chi connectivity index (χ1v) is 6.72. The molecule has 5 nitrogen and oxygen atoms in total. The van der Waals surface area contributed by atoms with E-state index in [1.54, 1.807) is 12.1 Å². The quantitative estimate of drug-likeness (QED) is 0.887. The van der Waals surface area contributed by atoms with E-state index in [-0.39, 0.29) is 17.8 Å². The van der Waals surface area contributed by atoms with E-state index in [4.69, 9.17) is 0 Å². The van der Waals surface area contributed by atoms with Crippen LogP contribution in [0.25, 0.3) is 0 Å². The molecule has 0 radical (unpaired) electrons. The number of hydrogen-bond acceptors (Lipinski definition) is 4. The second kappa shape index (κ2) is 6.78. The lowest BCUT2D eigenvalue weighted by Gasteiger charge is -2.14. The lowest BCUT2D eigenvalue weighted by molar-refractivity contribution is 0.0939. The van der Waals surface area contributed by atoms with Crippen LogP contribution in [0.15, 0.2) is 36.7 Å². The van der Waals surface area contributed by atoms with E-state index >= 15 is 0 Å². The zero-order chi connectivity index (χ0) is 15.2. The summed E-state index contributed by atoms with van der Waals surface area (Å²) >= 11 is 0. The van der Waals surface area contributed by atoms with Crippen molar-refractivity contribution >= 4 is 11.9 Å². The molecule has 1 amide bonds. The van der Waals surface area contributed by atoms with E-state index in [9.17, 15) is 9.18 Å². The van der Waals surface area contributed by atoms with Gasteiger partial charge in [-0.2, -0.15) is 0 Å². The van der Waals surface area contributed by atoms with Crippen LogP contribution in [0, 0.1) is 5.82 Å². The molecule has 0 spiro atoms. The molecule has 1 heterocycles. The summed E-state index contributed by atoms with van der Waals surface area (Å²) in [6, 6.07) is 5.79. The summed E-state index contributed by atoms with van der Waals surface area (Å²) in [5, 5.41) is 5.78. The summed E-state index contributed by atoms with van der Waals surface area (Å²) in [5.74, 6) is -0.0832. The van der Waals surface area contributed by atoms with Crippen LogP contribution in [0.5, 0.6) is 0 Å². The molecule has 0 fully saturated rings. The fraction of sp³-hybridized carbons (Fsp3) is 0.267. The highest BCUT2D eigenvalue weighted by Crippen LogP contribution is 2.13. The fourth-order valence-corrected chi connectivity index (χ4v) is 1.81. The van der Waals surface area contributed by atoms with E-state index in [0.717, 1.165) is 5.56 Å². The molecule has 21 heavy (non-hydrogen) atoms. The van der Waals surface area contributed by atoms with Gasteiger partial charge in [-0.15, -0.1) is 0 Å². The Hall–Kier alpha value is -2.50. The smallest absolute Gasteiger partial charge is 0.254 e. The van der Waals surface area contributed by atoms with Crippen molar-refractivity contribution in [2.45, 2.75) is 19.9 Å². The van der Waals surface area contributed by atoms with Gasteiger partial charge in [-0.3, -0.25) is 4.79 Å². The summed E-state index contributed by atoms with van der Waals surface area (Å²) < 4.78 is 12.9. The van der Waals surface area contributed by atoms with Gasteiger partial charge < -0.3 is 10.6 Å². The van der Waals surface area contributed by atoms with Gasteiger partial charge in [0, 0.05) is 18.9 Å². The third-order valence-electron chi connectivity index (χ3n) is 2.97. The number of benzene rings is 1. The van der Waals surface area contributed by atoms with Crippen molar-refractivity contribution in [3.63, 3.8) is 0 Å². The first-order valence-electron chi connectivity index (χ1n) is 6.72. The lowest BCUT2D eigenvalue weighted by Crippen LogP contribution is -2.27. The molecule has 0 aliphatic carbocycles. The van der Waals surface area contributed by atoms with E-state index < -0.39 is 0 Å². The van der Waals surface area contributed by atoms with Crippen LogP contribution in [0.3, 0.4) is 0 Å². The first-order chi connectivity index (χ1) is 10.1. The van der Waals surface area contributed by atoms with Crippen molar-refractivity contribution in [1.82, 2.24) is 15.3 Å². The summed E-state index contributed by atoms with van der Waals surface area (Å²) in [6.07, 6.45) is 2.94. The van der Waals surface area contributed by atoms with E-state index in [2.05, 4.69) is 20.6 Å². The molecule has 2 rings (SSSR count). The van der Waals surface area contributed by atoms with Gasteiger partial charge in [-0.25, -0.2) is 14.4 Å². The van der Waals surface area contributed by atoms with Gasteiger partial charge >= 0.3 is 0 Å². The van der Waals surface area contributed by atoms with Gasteiger partial charge in [0.2, 0.25) is 5.95 Å². The number of nitrogens with zero attached hydrogens (tertiary/aromatic N) is 2. The van der Waals surface area contributed by atoms with Crippen LogP contribution >= 0.6 is 0 Å². The predicted molar refractivity (Wildman–Crippen MR) is 78.5 cm³/mol. The largest absolute Gasteiger partial charge is 0.355 e. The molecule has 1 aromatic heterocycles. The molecular formula is C15H17FN4O. The van der Waals surface area contributed by atoms with Crippen molar-refractivity contribution in [2.75, 3.05) is 11.9 Å². The molecule has 0 aliphatic rings. The van der Waals surface area contributed by atoms with Crippen LogP contribution in [0.1, 0.15) is 35.8 Å². The van der Waals surface area contributed by atoms with Gasteiger partial charge in [0.1, 0.15) is 5.82 Å². The van der Waals surface area contributed by atoms with Crippen LogP contribution in [-0.2, 0) is 0 Å². The molecule has 0 bridgehead atoms. The highest BCUT2D eigenvalue weighted by Gasteiger charge is 2.12. The summed E-state index contributed by atoms with van der Waals surface area (Å²) in [5.41, 5.74) is 1.21. The second-order valence-electron chi connectivity index (χ2n) is 4.57. The van der Waals surface area contributed by atoms with Gasteiger partial charge in [0.15, 0.2) is 0 Å². The van der Waals surface area contributed by atoms with Gasteiger partial charge in [-0.1, -0.05) is 12.1 Å². The SMILES string of the molecule is CCNc1ncc(C(=O)NC(C)c2ccc(F)cc2)cn1. The third-order valence-corrected chi connectivity index (χ3v) is 2.97. The Morgan fingerprint density at radius 3 is 2.43 bits per heavy atom. The Morgan fingerprint density at radius 2 is 1.86 bits per heavy atom. The second-order valence-corrected chi connectivity index (χ2v) is 4.57. The number of nitrogens with one attached hydrogen (secondary N) is 2. The van der Waals surface area contributed by atoms with Crippen LogP contribution in [-0.4, -0.2) is 22.4 Å². The Labute approximate surface area is 122 Å². The minimum atomic E-state index is -0.301. The topological polar surface area (TPSA) is 66.9 Å². The number of carbonyl (C=O) groups is 1. The highest BCUT2D eigenvalue weighted by molar-refractivity contribution is 5.93. The molecule has 1 unspecified atom stereocenters. The average Bonchev–Trinajstić information content (AvgIpc) is 2.49. The summed E-state index contributed by atoms with van der Waals surface area (Å²) in [7, 11) is 0. The molecule has 1 aromatic carbocycles. The lowest BCUT2D eigenvalue weighted by atomic mass is 10.1. The Kier molecular flexibility index (Phi) is 4.81. The Bertz CT molecular complexity index is 598. The molecule has 0 aliphatic heterocycles. The van der Waals surface area contributed by atoms with Gasteiger partial charge in [0.05, 0.1) is 11.6 Å². The van der Waals surface area contributed by atoms with Crippen molar-refractivity contribution in [2.24, 2.45) is 0 Å². The van der Waals surface area contributed by atoms with E-state index in [1.165, 1.54) is 24.5 Å². The molecule has 2 N–H and O–H groups in total. The Morgan fingerprint density at radius 1 is 1.24 bits per heavy atom. The zero-order valence-corrected chi connectivity index (χ0v) is 11.9. The highest BCUT2D eigenvalue weighted by atomic mass is 19.1. The first kappa shape index (κ1) is 14.9.